The van der Waals surface area contributed by atoms with Gasteiger partial charge in [0.25, 0.3) is 0 Å². The molecule has 1 aliphatic heterocycles. The van der Waals surface area contributed by atoms with Crippen molar-refractivity contribution >= 4 is 52.2 Å². The van der Waals surface area contributed by atoms with Crippen molar-refractivity contribution in [1.29, 1.82) is 0 Å². The first-order valence-corrected chi connectivity index (χ1v) is 10.8. The van der Waals surface area contributed by atoms with E-state index in [2.05, 4.69) is 42.9 Å². The minimum absolute atomic E-state index is 0. The fourth-order valence-electron chi connectivity index (χ4n) is 3.16. The Hall–Kier alpha value is -2.01. The van der Waals surface area contributed by atoms with Crippen LogP contribution < -0.4 is 20.3 Å². The first-order valence-electron chi connectivity index (χ1n) is 9.91. The quantitative estimate of drug-likeness (QED) is 0.320. The molecule has 0 unspecified atom stereocenters. The summed E-state index contributed by atoms with van der Waals surface area (Å²) in [5.74, 6) is 1.52. The second-order valence-corrected chi connectivity index (χ2v) is 7.65. The Morgan fingerprint density at radius 2 is 1.87 bits per heavy atom. The van der Waals surface area contributed by atoms with Gasteiger partial charge in [-0.1, -0.05) is 12.1 Å². The van der Waals surface area contributed by atoms with Gasteiger partial charge in [0.2, 0.25) is 5.91 Å². The molecule has 0 aliphatic carbocycles. The van der Waals surface area contributed by atoms with Gasteiger partial charge in [-0.2, -0.15) is 0 Å². The Morgan fingerprint density at radius 1 is 1.13 bits per heavy atom. The van der Waals surface area contributed by atoms with Crippen molar-refractivity contribution in [3.8, 4) is 5.75 Å². The highest BCUT2D eigenvalue weighted by atomic mass is 127. The van der Waals surface area contributed by atoms with Crippen LogP contribution in [-0.4, -0.2) is 63.1 Å². The molecule has 7 nitrogen and oxygen atoms in total. The van der Waals surface area contributed by atoms with Crippen molar-refractivity contribution in [2.75, 3.05) is 51.3 Å². The van der Waals surface area contributed by atoms with Crippen LogP contribution in [0.4, 0.5) is 5.00 Å². The van der Waals surface area contributed by atoms with Crippen LogP contribution in [0.25, 0.3) is 0 Å². The minimum atomic E-state index is -0.0894. The molecule has 1 amide bonds. The lowest BCUT2D eigenvalue weighted by molar-refractivity contribution is -0.119. The zero-order valence-corrected chi connectivity index (χ0v) is 20.6. The molecular weight excluding hydrogens is 513 g/mol. The lowest BCUT2D eigenvalue weighted by Gasteiger charge is -2.37. The summed E-state index contributed by atoms with van der Waals surface area (Å²) < 4.78 is 5.15. The Bertz CT molecular complexity index is 790. The molecule has 9 heteroatoms. The minimum Gasteiger partial charge on any atom is -0.497 e. The molecule has 1 aliphatic rings. The number of benzene rings is 1. The normalized spacial score (nSPS) is 14.1. The van der Waals surface area contributed by atoms with E-state index in [1.165, 1.54) is 5.00 Å². The Balaban J connectivity index is 0.00000320. The van der Waals surface area contributed by atoms with Gasteiger partial charge in [-0.15, -0.1) is 35.3 Å². The Labute approximate surface area is 199 Å². The summed E-state index contributed by atoms with van der Waals surface area (Å²) in [7, 11) is 1.64. The van der Waals surface area contributed by atoms with Gasteiger partial charge >= 0.3 is 0 Å². The number of piperazine rings is 1. The van der Waals surface area contributed by atoms with Gasteiger partial charge in [0.15, 0.2) is 5.96 Å². The number of carbonyl (C=O) groups excluding carboxylic acids is 1. The number of halogens is 1. The third kappa shape index (κ3) is 7.05. The van der Waals surface area contributed by atoms with Crippen LogP contribution in [0.3, 0.4) is 0 Å². The van der Waals surface area contributed by atoms with Gasteiger partial charge in [-0.25, -0.2) is 4.99 Å². The van der Waals surface area contributed by atoms with Crippen molar-refractivity contribution in [3.63, 3.8) is 0 Å². The van der Waals surface area contributed by atoms with Gasteiger partial charge in [-0.3, -0.25) is 4.79 Å². The van der Waals surface area contributed by atoms with Crippen LogP contribution in [0.15, 0.2) is 46.8 Å². The SMILES string of the molecule is CCNC(=NCC(=O)NCc1ccc(OC)cc1)N1CCN(c2cccs2)CC1.I. The predicted octanol–water partition coefficient (Wildman–Crippen LogP) is 2.78. The smallest absolute Gasteiger partial charge is 0.242 e. The molecule has 0 radical (unpaired) electrons. The number of hydrogen-bond acceptors (Lipinski definition) is 5. The summed E-state index contributed by atoms with van der Waals surface area (Å²) in [5, 5.41) is 9.65. The molecule has 0 bridgehead atoms. The van der Waals surface area contributed by atoms with Gasteiger partial charge < -0.3 is 25.2 Å². The van der Waals surface area contributed by atoms with Crippen molar-refractivity contribution in [2.24, 2.45) is 4.99 Å². The summed E-state index contributed by atoms with van der Waals surface area (Å²) >= 11 is 1.77. The first kappa shape index (κ1) is 24.3. The van der Waals surface area contributed by atoms with Crippen LogP contribution >= 0.6 is 35.3 Å². The molecule has 1 aromatic heterocycles. The van der Waals surface area contributed by atoms with Crippen LogP contribution in [0.2, 0.25) is 0 Å². The van der Waals surface area contributed by atoms with Crippen molar-refractivity contribution in [1.82, 2.24) is 15.5 Å². The Kier molecular flexibility index (Phi) is 10.2. The molecule has 30 heavy (non-hydrogen) atoms. The van der Waals surface area contributed by atoms with E-state index in [9.17, 15) is 4.79 Å². The maximum absolute atomic E-state index is 12.2. The molecule has 164 valence electrons. The topological polar surface area (TPSA) is 69.2 Å². The lowest BCUT2D eigenvalue weighted by Crippen LogP contribution is -2.52. The lowest BCUT2D eigenvalue weighted by atomic mass is 10.2. The predicted molar refractivity (Wildman–Crippen MR) is 134 cm³/mol. The van der Waals surface area contributed by atoms with E-state index in [1.807, 2.05) is 31.2 Å². The van der Waals surface area contributed by atoms with E-state index < -0.39 is 0 Å². The molecule has 1 aromatic carbocycles. The summed E-state index contributed by atoms with van der Waals surface area (Å²) in [5.41, 5.74) is 1.03. The number of anilines is 1. The maximum Gasteiger partial charge on any atom is 0.242 e. The Morgan fingerprint density at radius 3 is 2.47 bits per heavy atom. The average Bonchev–Trinajstić information content (AvgIpc) is 3.30. The fraction of sp³-hybridized carbons (Fsp3) is 0.429. The van der Waals surface area contributed by atoms with Gasteiger partial charge in [-0.05, 0) is 42.1 Å². The molecular formula is C21H30IN5O2S. The highest BCUT2D eigenvalue weighted by Crippen LogP contribution is 2.22. The zero-order chi connectivity index (χ0) is 20.5. The molecule has 1 saturated heterocycles. The van der Waals surface area contributed by atoms with E-state index in [0.29, 0.717) is 6.54 Å². The molecule has 2 aromatic rings. The zero-order valence-electron chi connectivity index (χ0n) is 17.5. The third-order valence-electron chi connectivity index (χ3n) is 4.75. The van der Waals surface area contributed by atoms with Crippen molar-refractivity contribution in [3.05, 3.63) is 47.3 Å². The van der Waals surface area contributed by atoms with Crippen molar-refractivity contribution in [2.45, 2.75) is 13.5 Å². The number of nitrogens with one attached hydrogen (secondary N) is 2. The second-order valence-electron chi connectivity index (χ2n) is 6.72. The standard InChI is InChI=1S/C21H29N5O2S.HI/c1-3-22-21(26-12-10-25(11-13-26)20-5-4-14-29-20)24-16-19(27)23-15-17-6-8-18(28-2)9-7-17;/h4-9,14H,3,10-13,15-16H2,1-2H3,(H,22,24)(H,23,27);1H. The number of aliphatic imine (C=N–C) groups is 1. The summed E-state index contributed by atoms with van der Waals surface area (Å²) in [6.45, 7) is 7.09. The van der Waals surface area contributed by atoms with E-state index in [4.69, 9.17) is 4.74 Å². The molecule has 1 fully saturated rings. The number of hydrogen-bond donors (Lipinski definition) is 2. The second kappa shape index (κ2) is 12.6. The third-order valence-corrected chi connectivity index (χ3v) is 5.68. The van der Waals surface area contributed by atoms with E-state index in [-0.39, 0.29) is 36.4 Å². The van der Waals surface area contributed by atoms with Crippen LogP contribution in [0.1, 0.15) is 12.5 Å². The molecule has 0 atom stereocenters. The molecule has 0 spiro atoms. The summed E-state index contributed by atoms with van der Waals surface area (Å²) in [4.78, 5) is 21.4. The first-order chi connectivity index (χ1) is 14.2. The number of nitrogens with zero attached hydrogens (tertiary/aromatic N) is 3. The van der Waals surface area contributed by atoms with Gasteiger partial charge in [0.05, 0.1) is 12.1 Å². The highest BCUT2D eigenvalue weighted by Gasteiger charge is 2.20. The van der Waals surface area contributed by atoms with E-state index in [1.54, 1.807) is 18.4 Å². The summed E-state index contributed by atoms with van der Waals surface area (Å²) in [6.07, 6.45) is 0. The van der Waals surface area contributed by atoms with Crippen LogP contribution in [0, 0.1) is 0 Å². The summed E-state index contributed by atoms with van der Waals surface area (Å²) in [6, 6.07) is 11.9. The number of thiophene rings is 1. The molecule has 2 heterocycles. The monoisotopic (exact) mass is 543 g/mol. The number of methoxy groups -OCH3 is 1. The molecule has 3 rings (SSSR count). The number of guanidine groups is 1. The number of ether oxygens (including phenoxy) is 1. The number of amides is 1. The van der Waals surface area contributed by atoms with Gasteiger partial charge in [0.1, 0.15) is 12.3 Å². The fourth-order valence-corrected chi connectivity index (χ4v) is 3.95. The highest BCUT2D eigenvalue weighted by molar-refractivity contribution is 14.0. The van der Waals surface area contributed by atoms with Crippen molar-refractivity contribution < 1.29 is 9.53 Å². The largest absolute Gasteiger partial charge is 0.497 e. The molecule has 2 N–H and O–H groups in total. The van der Waals surface area contributed by atoms with Crippen LogP contribution in [-0.2, 0) is 11.3 Å². The number of carbonyl (C=O) groups is 1. The number of rotatable bonds is 7. The molecule has 0 saturated carbocycles. The van der Waals surface area contributed by atoms with Gasteiger partial charge in [0, 0.05) is 39.3 Å². The van der Waals surface area contributed by atoms with E-state index in [0.717, 1.165) is 50.0 Å². The average molecular weight is 543 g/mol. The van der Waals surface area contributed by atoms with Crippen LogP contribution in [0.5, 0.6) is 5.75 Å². The van der Waals surface area contributed by atoms with E-state index >= 15 is 0 Å². The maximum atomic E-state index is 12.2.